The highest BCUT2D eigenvalue weighted by molar-refractivity contribution is 5.93. The summed E-state index contributed by atoms with van der Waals surface area (Å²) < 4.78 is 5.58. The first-order valence-corrected chi connectivity index (χ1v) is 8.41. The van der Waals surface area contributed by atoms with E-state index in [-0.39, 0.29) is 18.0 Å². The van der Waals surface area contributed by atoms with E-state index in [1.807, 2.05) is 54.7 Å². The number of hydrogen-bond donors (Lipinski definition) is 2. The lowest BCUT2D eigenvalue weighted by molar-refractivity contribution is -0.706. The molecule has 1 amide bonds. The van der Waals surface area contributed by atoms with Crippen LogP contribution in [0.2, 0.25) is 0 Å². The van der Waals surface area contributed by atoms with Crippen molar-refractivity contribution in [2.24, 2.45) is 0 Å². The van der Waals surface area contributed by atoms with Gasteiger partial charge in [0.25, 0.3) is 5.91 Å². The molecule has 0 saturated carbocycles. The van der Waals surface area contributed by atoms with Gasteiger partial charge in [0.1, 0.15) is 0 Å². The molecule has 5 heteroatoms. The largest absolute Gasteiger partial charge is 0.463 e. The minimum Gasteiger partial charge on any atom is -0.463 e. The lowest BCUT2D eigenvalue weighted by Gasteiger charge is -2.18. The third kappa shape index (κ3) is 4.18. The van der Waals surface area contributed by atoms with E-state index in [0.29, 0.717) is 11.3 Å². The highest BCUT2D eigenvalue weighted by atomic mass is 16.3. The Morgan fingerprint density at radius 3 is 2.42 bits per heavy atom. The lowest BCUT2D eigenvalue weighted by atomic mass is 10.0. The summed E-state index contributed by atoms with van der Waals surface area (Å²) in [5, 5.41) is 13.7. The molecule has 26 heavy (non-hydrogen) atoms. The van der Waals surface area contributed by atoms with Crippen molar-refractivity contribution >= 4 is 11.6 Å². The topological polar surface area (TPSA) is 82.6 Å². The summed E-state index contributed by atoms with van der Waals surface area (Å²) in [7, 11) is 0. The van der Waals surface area contributed by atoms with Crippen LogP contribution >= 0.6 is 0 Å². The minimum absolute atomic E-state index is 0.104. The number of benzene rings is 2. The predicted molar refractivity (Wildman–Crippen MR) is 98.2 cm³/mol. The van der Waals surface area contributed by atoms with Gasteiger partial charge in [-0.25, -0.2) is 0 Å². The lowest BCUT2D eigenvalue weighted by Crippen LogP contribution is -2.92. The molecule has 3 rings (SSSR count). The second-order valence-corrected chi connectivity index (χ2v) is 6.06. The van der Waals surface area contributed by atoms with E-state index in [4.69, 9.17) is 9.68 Å². The van der Waals surface area contributed by atoms with Gasteiger partial charge < -0.3 is 15.1 Å². The molecule has 1 heterocycles. The van der Waals surface area contributed by atoms with Gasteiger partial charge in [0.15, 0.2) is 17.8 Å². The zero-order chi connectivity index (χ0) is 18.4. The number of nitrogens with one attached hydrogen (secondary N) is 1. The number of quaternary nitrogens is 1. The first-order chi connectivity index (χ1) is 12.7. The van der Waals surface area contributed by atoms with E-state index in [0.717, 1.165) is 11.3 Å². The molecule has 2 atom stereocenters. The van der Waals surface area contributed by atoms with E-state index in [1.54, 1.807) is 30.5 Å². The number of carbonyl (C=O) groups is 1. The summed E-state index contributed by atoms with van der Waals surface area (Å²) in [5.41, 5.74) is 2.30. The van der Waals surface area contributed by atoms with E-state index in [9.17, 15) is 4.79 Å². The van der Waals surface area contributed by atoms with Crippen LogP contribution in [0.3, 0.4) is 0 Å². The summed E-state index contributed by atoms with van der Waals surface area (Å²) >= 11 is 0. The molecule has 0 saturated heterocycles. The zero-order valence-corrected chi connectivity index (χ0v) is 14.4. The SMILES string of the molecule is C[C@@H]([NH2+][C@H](c1ccccc1)c1ccco1)C(=O)Nc1ccc(C#N)cc1. The number of carbonyl (C=O) groups excluding carboxylic acids is 1. The number of nitrogens with two attached hydrogens (primary N) is 1. The first-order valence-electron chi connectivity index (χ1n) is 8.41. The molecular weight excluding hydrogens is 326 g/mol. The number of nitriles is 1. The fourth-order valence-corrected chi connectivity index (χ4v) is 2.76. The van der Waals surface area contributed by atoms with E-state index in [2.05, 4.69) is 11.4 Å². The van der Waals surface area contributed by atoms with Crippen LogP contribution < -0.4 is 10.6 Å². The Labute approximate surface area is 152 Å². The monoisotopic (exact) mass is 346 g/mol. The van der Waals surface area contributed by atoms with Crippen LogP contribution in [0.5, 0.6) is 0 Å². The summed E-state index contributed by atoms with van der Waals surface area (Å²) in [6, 6.07) is 22.2. The van der Waals surface area contributed by atoms with Crippen molar-refractivity contribution in [1.29, 1.82) is 5.26 Å². The van der Waals surface area contributed by atoms with Crippen molar-refractivity contribution in [3.05, 3.63) is 89.9 Å². The molecule has 5 nitrogen and oxygen atoms in total. The first kappa shape index (κ1) is 17.5. The minimum atomic E-state index is -0.332. The molecule has 0 bridgehead atoms. The third-order valence-corrected chi connectivity index (χ3v) is 4.18. The highest BCUT2D eigenvalue weighted by Gasteiger charge is 2.26. The van der Waals surface area contributed by atoms with E-state index in [1.165, 1.54) is 0 Å². The number of anilines is 1. The van der Waals surface area contributed by atoms with Gasteiger partial charge in [-0.1, -0.05) is 30.3 Å². The van der Waals surface area contributed by atoms with Crippen molar-refractivity contribution in [2.75, 3.05) is 5.32 Å². The van der Waals surface area contributed by atoms with Crippen LogP contribution in [0.25, 0.3) is 0 Å². The van der Waals surface area contributed by atoms with Crippen molar-refractivity contribution in [1.82, 2.24) is 0 Å². The Balaban J connectivity index is 1.72. The Morgan fingerprint density at radius 2 is 1.81 bits per heavy atom. The van der Waals surface area contributed by atoms with Crippen molar-refractivity contribution in [3.63, 3.8) is 0 Å². The number of furan rings is 1. The molecule has 0 aliphatic heterocycles. The molecule has 3 N–H and O–H groups in total. The van der Waals surface area contributed by atoms with Crippen LogP contribution in [0.15, 0.2) is 77.4 Å². The number of hydrogen-bond acceptors (Lipinski definition) is 3. The molecule has 130 valence electrons. The molecule has 3 aromatic rings. The summed E-state index contributed by atoms with van der Waals surface area (Å²) in [6.45, 7) is 1.86. The average molecular weight is 346 g/mol. The third-order valence-electron chi connectivity index (χ3n) is 4.18. The van der Waals surface area contributed by atoms with Crippen molar-refractivity contribution in [2.45, 2.75) is 19.0 Å². The van der Waals surface area contributed by atoms with Crippen molar-refractivity contribution < 1.29 is 14.5 Å². The predicted octanol–water partition coefficient (Wildman–Crippen LogP) is 2.83. The quantitative estimate of drug-likeness (QED) is 0.720. The van der Waals surface area contributed by atoms with Gasteiger partial charge in [-0.05, 0) is 43.3 Å². The molecule has 2 aromatic carbocycles. The zero-order valence-electron chi connectivity index (χ0n) is 14.4. The normalized spacial score (nSPS) is 12.8. The maximum atomic E-state index is 12.6. The fourth-order valence-electron chi connectivity index (χ4n) is 2.76. The number of amides is 1. The van der Waals surface area contributed by atoms with Gasteiger partial charge in [0, 0.05) is 11.3 Å². The second-order valence-electron chi connectivity index (χ2n) is 6.06. The molecule has 0 unspecified atom stereocenters. The molecule has 0 aliphatic rings. The summed E-state index contributed by atoms with van der Waals surface area (Å²) in [6.07, 6.45) is 1.64. The van der Waals surface area contributed by atoms with E-state index >= 15 is 0 Å². The second kappa shape index (κ2) is 8.15. The summed E-state index contributed by atoms with van der Waals surface area (Å²) in [4.78, 5) is 12.6. The molecular formula is C21H20N3O2+. The number of nitrogens with zero attached hydrogens (tertiary/aromatic N) is 1. The molecule has 0 aliphatic carbocycles. The van der Waals surface area contributed by atoms with Crippen LogP contribution in [0, 0.1) is 11.3 Å². The fraction of sp³-hybridized carbons (Fsp3) is 0.143. The van der Waals surface area contributed by atoms with Gasteiger partial charge in [-0.2, -0.15) is 5.26 Å². The van der Waals surface area contributed by atoms with Gasteiger partial charge in [-0.15, -0.1) is 0 Å². The van der Waals surface area contributed by atoms with Crippen LogP contribution in [-0.4, -0.2) is 11.9 Å². The smallest absolute Gasteiger partial charge is 0.282 e. The standard InChI is InChI=1S/C21H19N3O2/c1-15(21(25)24-18-11-9-16(14-22)10-12-18)23-20(19-8-5-13-26-19)17-6-3-2-4-7-17/h2-13,15,20,23H,1H3,(H,24,25)/p+1/t15-,20-/m1/s1. The molecule has 0 fully saturated rings. The Bertz CT molecular complexity index is 881. The Hall–Kier alpha value is -3.36. The van der Waals surface area contributed by atoms with Crippen LogP contribution in [0.4, 0.5) is 5.69 Å². The highest BCUT2D eigenvalue weighted by Crippen LogP contribution is 2.18. The van der Waals surface area contributed by atoms with Gasteiger partial charge in [0.2, 0.25) is 0 Å². The summed E-state index contributed by atoms with van der Waals surface area (Å²) in [5.74, 6) is 0.691. The molecule has 0 radical (unpaired) electrons. The molecule has 0 spiro atoms. The van der Waals surface area contributed by atoms with Crippen LogP contribution in [-0.2, 0) is 4.79 Å². The van der Waals surface area contributed by atoms with E-state index < -0.39 is 0 Å². The Kier molecular flexibility index (Phi) is 5.47. The van der Waals surface area contributed by atoms with Gasteiger partial charge >= 0.3 is 0 Å². The maximum Gasteiger partial charge on any atom is 0.282 e. The maximum absolute atomic E-state index is 12.6. The van der Waals surface area contributed by atoms with Crippen LogP contribution in [0.1, 0.15) is 29.9 Å². The van der Waals surface area contributed by atoms with Crippen molar-refractivity contribution in [3.8, 4) is 6.07 Å². The van der Waals surface area contributed by atoms with Gasteiger partial charge in [-0.3, -0.25) is 4.79 Å². The van der Waals surface area contributed by atoms with Gasteiger partial charge in [0.05, 0.1) is 17.9 Å². The molecule has 1 aromatic heterocycles. The number of rotatable bonds is 6. The average Bonchev–Trinajstić information content (AvgIpc) is 3.21. The Morgan fingerprint density at radius 1 is 1.08 bits per heavy atom.